The summed E-state index contributed by atoms with van der Waals surface area (Å²) in [5.41, 5.74) is 1.54. The molecular weight excluding hydrogens is 396 g/mol. The van der Waals surface area contributed by atoms with Crippen molar-refractivity contribution in [1.29, 1.82) is 0 Å². The summed E-state index contributed by atoms with van der Waals surface area (Å²) in [5.74, 6) is 0.428. The number of hydrogen-bond acceptors (Lipinski definition) is 7. The molecule has 0 unspecified atom stereocenters. The van der Waals surface area contributed by atoms with Gasteiger partial charge < -0.3 is 15.4 Å². The topological polar surface area (TPSA) is 93.2 Å². The van der Waals surface area contributed by atoms with E-state index < -0.39 is 0 Å². The fourth-order valence-corrected chi connectivity index (χ4v) is 3.89. The Morgan fingerprint density at radius 3 is 2.54 bits per heavy atom. The van der Waals surface area contributed by atoms with Gasteiger partial charge in [0.25, 0.3) is 0 Å². The Bertz CT molecular complexity index is 947. The highest BCUT2D eigenvalue weighted by Gasteiger charge is 2.12. The molecule has 0 bridgehead atoms. The molecule has 0 aliphatic heterocycles. The number of aromatic nitrogens is 2. The highest BCUT2D eigenvalue weighted by atomic mass is 32.2. The maximum absolute atomic E-state index is 12.1. The molecule has 9 heteroatoms. The van der Waals surface area contributed by atoms with Crippen molar-refractivity contribution in [2.45, 2.75) is 10.8 Å². The number of para-hydroxylation sites is 2. The lowest BCUT2D eigenvalue weighted by Gasteiger charge is -2.08. The first-order chi connectivity index (χ1) is 13.6. The molecule has 28 heavy (non-hydrogen) atoms. The number of methoxy groups -OCH3 is 1. The van der Waals surface area contributed by atoms with Crippen LogP contribution in [0.25, 0.3) is 0 Å². The average molecular weight is 415 g/mol. The third kappa shape index (κ3) is 5.80. The van der Waals surface area contributed by atoms with E-state index in [0.29, 0.717) is 20.9 Å². The van der Waals surface area contributed by atoms with Gasteiger partial charge in [0, 0.05) is 0 Å². The molecule has 3 rings (SSSR count). The minimum Gasteiger partial charge on any atom is -0.495 e. The Balaban J connectivity index is 1.48. The molecular formula is C19H18N4O3S2. The Hall–Kier alpha value is -2.91. The first-order valence-electron chi connectivity index (χ1n) is 8.37. The Morgan fingerprint density at radius 1 is 1.00 bits per heavy atom. The van der Waals surface area contributed by atoms with Crippen molar-refractivity contribution in [1.82, 2.24) is 10.2 Å². The van der Waals surface area contributed by atoms with E-state index in [1.165, 1.54) is 23.1 Å². The number of anilines is 2. The van der Waals surface area contributed by atoms with Gasteiger partial charge in [-0.15, -0.1) is 10.2 Å². The molecule has 3 aromatic rings. The molecule has 1 heterocycles. The summed E-state index contributed by atoms with van der Waals surface area (Å²) in [7, 11) is 1.55. The summed E-state index contributed by atoms with van der Waals surface area (Å²) in [6, 6.07) is 16.7. The van der Waals surface area contributed by atoms with Gasteiger partial charge in [-0.25, -0.2) is 0 Å². The molecule has 144 valence electrons. The van der Waals surface area contributed by atoms with Gasteiger partial charge in [-0.05, 0) is 17.7 Å². The number of benzene rings is 2. The smallest absolute Gasteiger partial charge is 0.234 e. The first-order valence-corrected chi connectivity index (χ1v) is 10.2. The predicted molar refractivity (Wildman–Crippen MR) is 111 cm³/mol. The average Bonchev–Trinajstić information content (AvgIpc) is 3.14. The standard InChI is InChI=1S/C19H18N4O3S2/c1-26-15-10-6-5-9-14(15)20-17(25)12-27-19-23-22-18(28-19)21-16(24)11-13-7-3-2-4-8-13/h2-10H,11-12H2,1H3,(H,20,25)(H,21,22,24). The van der Waals surface area contributed by atoms with Gasteiger partial charge >= 0.3 is 0 Å². The van der Waals surface area contributed by atoms with E-state index in [-0.39, 0.29) is 24.0 Å². The maximum Gasteiger partial charge on any atom is 0.234 e. The van der Waals surface area contributed by atoms with Crippen molar-refractivity contribution in [3.05, 3.63) is 60.2 Å². The molecule has 0 saturated heterocycles. The molecule has 0 atom stereocenters. The fourth-order valence-electron chi connectivity index (χ4n) is 2.32. The zero-order valence-corrected chi connectivity index (χ0v) is 16.7. The normalized spacial score (nSPS) is 10.3. The number of hydrogen-bond donors (Lipinski definition) is 2. The minimum absolute atomic E-state index is 0.159. The molecule has 0 spiro atoms. The van der Waals surface area contributed by atoms with Gasteiger partial charge in [0.15, 0.2) is 4.34 Å². The number of carbonyl (C=O) groups excluding carboxylic acids is 2. The number of nitrogens with one attached hydrogen (secondary N) is 2. The number of nitrogens with zero attached hydrogens (tertiary/aromatic N) is 2. The van der Waals surface area contributed by atoms with Crippen LogP contribution in [-0.4, -0.2) is 34.9 Å². The van der Waals surface area contributed by atoms with E-state index in [4.69, 9.17) is 4.74 Å². The fraction of sp³-hybridized carbons (Fsp3) is 0.158. The Morgan fingerprint density at radius 2 is 1.75 bits per heavy atom. The molecule has 0 aliphatic carbocycles. The van der Waals surface area contributed by atoms with Crippen LogP contribution in [0.5, 0.6) is 5.75 Å². The monoisotopic (exact) mass is 414 g/mol. The summed E-state index contributed by atoms with van der Waals surface area (Å²) >= 11 is 2.49. The summed E-state index contributed by atoms with van der Waals surface area (Å²) in [6.07, 6.45) is 0.268. The number of amides is 2. The molecule has 1 aromatic heterocycles. The van der Waals surface area contributed by atoms with Crippen LogP contribution in [0.2, 0.25) is 0 Å². The number of carbonyl (C=O) groups is 2. The van der Waals surface area contributed by atoms with Crippen molar-refractivity contribution < 1.29 is 14.3 Å². The van der Waals surface area contributed by atoms with Gasteiger partial charge in [0.1, 0.15) is 5.75 Å². The quantitative estimate of drug-likeness (QED) is 0.433. The van der Waals surface area contributed by atoms with Gasteiger partial charge in [-0.1, -0.05) is 65.6 Å². The van der Waals surface area contributed by atoms with Crippen LogP contribution >= 0.6 is 23.1 Å². The molecule has 0 radical (unpaired) electrons. The van der Waals surface area contributed by atoms with Crippen LogP contribution < -0.4 is 15.4 Å². The lowest BCUT2D eigenvalue weighted by Crippen LogP contribution is -2.14. The second kappa shape index (κ2) is 9.86. The lowest BCUT2D eigenvalue weighted by molar-refractivity contribution is -0.115. The molecule has 2 N–H and O–H groups in total. The Kier molecular flexibility index (Phi) is 6.99. The van der Waals surface area contributed by atoms with Crippen molar-refractivity contribution in [2.75, 3.05) is 23.5 Å². The van der Waals surface area contributed by atoms with Crippen molar-refractivity contribution in [2.24, 2.45) is 0 Å². The van der Waals surface area contributed by atoms with Crippen LogP contribution in [0, 0.1) is 0 Å². The summed E-state index contributed by atoms with van der Waals surface area (Å²) in [4.78, 5) is 24.2. The predicted octanol–water partition coefficient (Wildman–Crippen LogP) is 3.46. The van der Waals surface area contributed by atoms with Crippen LogP contribution in [-0.2, 0) is 16.0 Å². The zero-order valence-electron chi connectivity index (χ0n) is 15.0. The third-order valence-corrected chi connectivity index (χ3v) is 5.54. The Labute approximate surface area is 170 Å². The van der Waals surface area contributed by atoms with E-state index in [1.807, 2.05) is 42.5 Å². The molecule has 2 amide bonds. The third-order valence-electron chi connectivity index (χ3n) is 3.57. The highest BCUT2D eigenvalue weighted by Crippen LogP contribution is 2.27. The van der Waals surface area contributed by atoms with Gasteiger partial charge in [0.05, 0.1) is 25.0 Å². The summed E-state index contributed by atoms with van der Waals surface area (Å²) < 4.78 is 5.81. The molecule has 0 saturated carbocycles. The van der Waals surface area contributed by atoms with Crippen molar-refractivity contribution >= 4 is 45.7 Å². The highest BCUT2D eigenvalue weighted by molar-refractivity contribution is 8.01. The van der Waals surface area contributed by atoms with Gasteiger partial charge in [-0.3, -0.25) is 9.59 Å². The largest absolute Gasteiger partial charge is 0.495 e. The van der Waals surface area contributed by atoms with E-state index in [1.54, 1.807) is 19.2 Å². The van der Waals surface area contributed by atoms with Crippen molar-refractivity contribution in [3.8, 4) is 5.75 Å². The lowest BCUT2D eigenvalue weighted by atomic mass is 10.1. The second-order valence-corrected chi connectivity index (χ2v) is 7.82. The molecule has 7 nitrogen and oxygen atoms in total. The molecule has 2 aromatic carbocycles. The van der Waals surface area contributed by atoms with Crippen LogP contribution in [0.15, 0.2) is 58.9 Å². The summed E-state index contributed by atoms with van der Waals surface area (Å²) in [6.45, 7) is 0. The molecule has 0 aliphatic rings. The van der Waals surface area contributed by atoms with Crippen molar-refractivity contribution in [3.63, 3.8) is 0 Å². The van der Waals surface area contributed by atoms with E-state index >= 15 is 0 Å². The minimum atomic E-state index is -0.181. The number of thioether (sulfide) groups is 1. The van der Waals surface area contributed by atoms with Crippen LogP contribution in [0.4, 0.5) is 10.8 Å². The van der Waals surface area contributed by atoms with E-state index in [0.717, 1.165) is 5.56 Å². The van der Waals surface area contributed by atoms with E-state index in [9.17, 15) is 9.59 Å². The number of rotatable bonds is 8. The SMILES string of the molecule is COc1ccccc1NC(=O)CSc1nnc(NC(=O)Cc2ccccc2)s1. The molecule has 0 fully saturated rings. The zero-order chi connectivity index (χ0) is 19.8. The first kappa shape index (κ1) is 19.8. The van der Waals surface area contributed by atoms with E-state index in [2.05, 4.69) is 20.8 Å². The van der Waals surface area contributed by atoms with Crippen LogP contribution in [0.3, 0.4) is 0 Å². The number of ether oxygens (including phenoxy) is 1. The maximum atomic E-state index is 12.1. The van der Waals surface area contributed by atoms with Gasteiger partial charge in [-0.2, -0.15) is 0 Å². The summed E-state index contributed by atoms with van der Waals surface area (Å²) in [5, 5.41) is 13.9. The van der Waals surface area contributed by atoms with Crippen LogP contribution in [0.1, 0.15) is 5.56 Å². The van der Waals surface area contributed by atoms with Gasteiger partial charge in [0.2, 0.25) is 16.9 Å². The second-order valence-electron chi connectivity index (χ2n) is 5.62.